The third kappa shape index (κ3) is 8.50. The van der Waals surface area contributed by atoms with Crippen LogP contribution in [0.15, 0.2) is 0 Å². The number of esters is 3. The molecule has 116 valence electrons. The van der Waals surface area contributed by atoms with E-state index in [1.807, 2.05) is 13.8 Å². The summed E-state index contributed by atoms with van der Waals surface area (Å²) in [7, 11) is 1.36. The first-order valence-electron chi connectivity index (χ1n) is 6.75. The summed E-state index contributed by atoms with van der Waals surface area (Å²) in [6.07, 6.45) is 1.38. The molecule has 0 radical (unpaired) electrons. The molecule has 20 heavy (non-hydrogen) atoms. The van der Waals surface area contributed by atoms with E-state index in [-0.39, 0.29) is 43.4 Å². The highest BCUT2D eigenvalue weighted by Gasteiger charge is 2.22. The average Bonchev–Trinajstić information content (AvgIpc) is 2.38. The summed E-state index contributed by atoms with van der Waals surface area (Å²) in [5, 5.41) is 0. The second-order valence-corrected chi connectivity index (χ2v) is 4.83. The van der Waals surface area contributed by atoms with Gasteiger partial charge < -0.3 is 14.2 Å². The molecule has 0 aliphatic carbocycles. The number of carbonyl (C=O) groups is 3. The zero-order valence-electron chi connectivity index (χ0n) is 12.6. The second kappa shape index (κ2) is 10.2. The smallest absolute Gasteiger partial charge is 0.308 e. The summed E-state index contributed by atoms with van der Waals surface area (Å²) in [5.74, 6) is -1.04. The van der Waals surface area contributed by atoms with Crippen molar-refractivity contribution < 1.29 is 28.6 Å². The van der Waals surface area contributed by atoms with Crippen LogP contribution in [0.5, 0.6) is 0 Å². The van der Waals surface area contributed by atoms with Crippen LogP contribution < -0.4 is 0 Å². The van der Waals surface area contributed by atoms with Crippen LogP contribution in [0.2, 0.25) is 0 Å². The predicted octanol–water partition coefficient (Wildman–Crippen LogP) is 1.71. The number of rotatable bonds is 9. The maximum absolute atomic E-state index is 11.5. The Hall–Kier alpha value is -1.59. The molecule has 0 aliphatic heterocycles. The van der Waals surface area contributed by atoms with Gasteiger partial charge in [-0.15, -0.1) is 0 Å². The molecule has 0 spiro atoms. The van der Waals surface area contributed by atoms with Gasteiger partial charge in [0.2, 0.25) is 0 Å². The Morgan fingerprint density at radius 1 is 1.05 bits per heavy atom. The molecule has 6 nitrogen and oxygen atoms in total. The molecule has 0 rings (SSSR count). The molecule has 1 unspecified atom stereocenters. The van der Waals surface area contributed by atoms with Crippen LogP contribution in [0.1, 0.15) is 40.0 Å². The van der Waals surface area contributed by atoms with Crippen LogP contribution in [-0.2, 0) is 28.6 Å². The molecular weight excluding hydrogens is 264 g/mol. The van der Waals surface area contributed by atoms with Crippen molar-refractivity contribution in [3.8, 4) is 0 Å². The van der Waals surface area contributed by atoms with Gasteiger partial charge in [-0.3, -0.25) is 14.4 Å². The Labute approximate surface area is 119 Å². The largest absolute Gasteiger partial charge is 0.469 e. The summed E-state index contributed by atoms with van der Waals surface area (Å²) in [6.45, 7) is 5.31. The molecule has 0 aromatic carbocycles. The fourth-order valence-electron chi connectivity index (χ4n) is 1.75. The van der Waals surface area contributed by atoms with E-state index >= 15 is 0 Å². The van der Waals surface area contributed by atoms with Gasteiger partial charge in [0, 0.05) is 13.3 Å². The molecule has 0 bridgehead atoms. The lowest BCUT2D eigenvalue weighted by Crippen LogP contribution is -2.22. The number of hydrogen-bond donors (Lipinski definition) is 0. The van der Waals surface area contributed by atoms with E-state index in [4.69, 9.17) is 9.47 Å². The molecule has 6 heteroatoms. The number of hydrogen-bond acceptors (Lipinski definition) is 6. The fourth-order valence-corrected chi connectivity index (χ4v) is 1.75. The van der Waals surface area contributed by atoms with Crippen molar-refractivity contribution in [1.29, 1.82) is 0 Å². The van der Waals surface area contributed by atoms with Gasteiger partial charge in [0.1, 0.15) is 13.2 Å². The van der Waals surface area contributed by atoms with Gasteiger partial charge >= 0.3 is 17.9 Å². The Morgan fingerprint density at radius 2 is 1.65 bits per heavy atom. The minimum absolute atomic E-state index is 0.0586. The van der Waals surface area contributed by atoms with E-state index in [1.54, 1.807) is 0 Å². The molecule has 0 fully saturated rings. The summed E-state index contributed by atoms with van der Waals surface area (Å²) in [6, 6.07) is 0. The van der Waals surface area contributed by atoms with E-state index in [2.05, 4.69) is 4.74 Å². The van der Waals surface area contributed by atoms with Crippen molar-refractivity contribution in [1.82, 2.24) is 0 Å². The standard InChI is InChI=1S/C14H24O6/c1-10(2)12(14(17)18-4)6-5-7-13(16)20-9-8-19-11(3)15/h10,12H,5-9H2,1-4H3. The van der Waals surface area contributed by atoms with Gasteiger partial charge in [0.05, 0.1) is 13.0 Å². The summed E-state index contributed by atoms with van der Waals surface area (Å²) >= 11 is 0. The molecule has 0 amide bonds. The normalized spacial score (nSPS) is 11.8. The van der Waals surface area contributed by atoms with Gasteiger partial charge in [-0.25, -0.2) is 0 Å². The Morgan fingerprint density at radius 3 is 2.15 bits per heavy atom. The topological polar surface area (TPSA) is 78.9 Å². The quantitative estimate of drug-likeness (QED) is 0.365. The van der Waals surface area contributed by atoms with Crippen molar-refractivity contribution in [2.45, 2.75) is 40.0 Å². The van der Waals surface area contributed by atoms with Gasteiger partial charge in [-0.1, -0.05) is 13.8 Å². The van der Waals surface area contributed by atoms with E-state index in [0.717, 1.165) is 0 Å². The minimum Gasteiger partial charge on any atom is -0.469 e. The number of ether oxygens (including phenoxy) is 3. The molecule has 0 saturated carbocycles. The highest BCUT2D eigenvalue weighted by molar-refractivity contribution is 5.73. The van der Waals surface area contributed by atoms with Crippen LogP contribution >= 0.6 is 0 Å². The highest BCUT2D eigenvalue weighted by Crippen LogP contribution is 2.19. The summed E-state index contributed by atoms with van der Waals surface area (Å²) in [4.78, 5) is 33.4. The lowest BCUT2D eigenvalue weighted by atomic mass is 9.91. The lowest BCUT2D eigenvalue weighted by Gasteiger charge is -2.17. The third-order valence-electron chi connectivity index (χ3n) is 2.86. The van der Waals surface area contributed by atoms with Gasteiger partial charge in [-0.05, 0) is 18.8 Å². The zero-order valence-corrected chi connectivity index (χ0v) is 12.6. The molecule has 0 aliphatic rings. The molecule has 0 aromatic rings. The lowest BCUT2D eigenvalue weighted by molar-refractivity contribution is -0.151. The van der Waals surface area contributed by atoms with E-state index in [9.17, 15) is 14.4 Å². The van der Waals surface area contributed by atoms with E-state index < -0.39 is 5.97 Å². The first kappa shape index (κ1) is 18.4. The average molecular weight is 288 g/mol. The van der Waals surface area contributed by atoms with Crippen LogP contribution in [0, 0.1) is 11.8 Å². The Bertz CT molecular complexity index is 324. The van der Waals surface area contributed by atoms with Crippen molar-refractivity contribution in [3.05, 3.63) is 0 Å². The SMILES string of the molecule is COC(=O)C(CCCC(=O)OCCOC(C)=O)C(C)C. The maximum Gasteiger partial charge on any atom is 0.308 e. The fraction of sp³-hybridized carbons (Fsp3) is 0.786. The van der Waals surface area contributed by atoms with Gasteiger partial charge in [0.15, 0.2) is 0 Å². The van der Waals surface area contributed by atoms with Crippen molar-refractivity contribution in [3.63, 3.8) is 0 Å². The van der Waals surface area contributed by atoms with Crippen molar-refractivity contribution in [2.24, 2.45) is 11.8 Å². The first-order valence-corrected chi connectivity index (χ1v) is 6.75. The molecular formula is C14H24O6. The molecule has 0 heterocycles. The minimum atomic E-state index is -0.404. The van der Waals surface area contributed by atoms with Crippen molar-refractivity contribution >= 4 is 17.9 Å². The predicted molar refractivity (Wildman–Crippen MR) is 71.8 cm³/mol. The second-order valence-electron chi connectivity index (χ2n) is 4.83. The van der Waals surface area contributed by atoms with Crippen LogP contribution in [0.3, 0.4) is 0 Å². The van der Waals surface area contributed by atoms with Crippen LogP contribution in [-0.4, -0.2) is 38.2 Å². The number of carbonyl (C=O) groups excluding carboxylic acids is 3. The Kier molecular flexibility index (Phi) is 9.41. The molecule has 0 aromatic heterocycles. The molecule has 0 saturated heterocycles. The zero-order chi connectivity index (χ0) is 15.5. The number of methoxy groups -OCH3 is 1. The summed E-state index contributed by atoms with van der Waals surface area (Å²) < 4.78 is 14.3. The highest BCUT2D eigenvalue weighted by atomic mass is 16.6. The van der Waals surface area contributed by atoms with E-state index in [1.165, 1.54) is 14.0 Å². The van der Waals surface area contributed by atoms with E-state index in [0.29, 0.717) is 12.8 Å². The van der Waals surface area contributed by atoms with Gasteiger partial charge in [0.25, 0.3) is 0 Å². The van der Waals surface area contributed by atoms with Crippen LogP contribution in [0.25, 0.3) is 0 Å². The molecule has 1 atom stereocenters. The maximum atomic E-state index is 11.5. The van der Waals surface area contributed by atoms with Crippen molar-refractivity contribution in [2.75, 3.05) is 20.3 Å². The van der Waals surface area contributed by atoms with Gasteiger partial charge in [-0.2, -0.15) is 0 Å². The summed E-state index contributed by atoms with van der Waals surface area (Å²) in [5.41, 5.74) is 0. The molecule has 0 N–H and O–H groups in total. The monoisotopic (exact) mass is 288 g/mol. The first-order chi connectivity index (χ1) is 9.38. The Balaban J connectivity index is 3.83. The third-order valence-corrected chi connectivity index (χ3v) is 2.86. The van der Waals surface area contributed by atoms with Crippen LogP contribution in [0.4, 0.5) is 0 Å².